The van der Waals surface area contributed by atoms with Crippen molar-refractivity contribution in [2.75, 3.05) is 0 Å². The van der Waals surface area contributed by atoms with Gasteiger partial charge in [0.25, 0.3) is 0 Å². The molecule has 0 aromatic heterocycles. The molecule has 0 saturated heterocycles. The summed E-state index contributed by atoms with van der Waals surface area (Å²) >= 11 is 8.58. The summed E-state index contributed by atoms with van der Waals surface area (Å²) in [4.78, 5) is 0. The second kappa shape index (κ2) is 5.34. The molecule has 94 valence electrons. The maximum Gasteiger partial charge on any atom is 0.143 e. The number of halogens is 4. The Morgan fingerprint density at radius 1 is 1.17 bits per heavy atom. The first-order valence-corrected chi connectivity index (χ1v) is 6.24. The summed E-state index contributed by atoms with van der Waals surface area (Å²) in [6, 6.07) is 8.43. The van der Waals surface area contributed by atoms with Crippen LogP contribution in [0.3, 0.4) is 0 Å². The van der Waals surface area contributed by atoms with Crippen LogP contribution in [0.25, 0.3) is 0 Å². The van der Waals surface area contributed by atoms with Crippen LogP contribution in [0.15, 0.2) is 40.9 Å². The summed E-state index contributed by atoms with van der Waals surface area (Å²) in [5.41, 5.74) is 0.319. The SMILES string of the molecule is OC(c1ccc(Cl)c(F)c1)c1cccc(Br)c1F. The van der Waals surface area contributed by atoms with Gasteiger partial charge in [-0.3, -0.25) is 0 Å². The van der Waals surface area contributed by atoms with Crippen LogP contribution in [-0.4, -0.2) is 5.11 Å². The molecule has 1 N–H and O–H groups in total. The first-order valence-electron chi connectivity index (χ1n) is 5.07. The van der Waals surface area contributed by atoms with E-state index >= 15 is 0 Å². The first kappa shape index (κ1) is 13.5. The highest BCUT2D eigenvalue weighted by Gasteiger charge is 2.17. The Morgan fingerprint density at radius 3 is 2.56 bits per heavy atom. The van der Waals surface area contributed by atoms with Gasteiger partial charge in [-0.05, 0) is 39.7 Å². The lowest BCUT2D eigenvalue weighted by atomic mass is 10.0. The monoisotopic (exact) mass is 332 g/mol. The Morgan fingerprint density at radius 2 is 1.89 bits per heavy atom. The fourth-order valence-electron chi connectivity index (χ4n) is 1.59. The van der Waals surface area contributed by atoms with Crippen molar-refractivity contribution in [3.8, 4) is 0 Å². The zero-order chi connectivity index (χ0) is 13.3. The molecule has 0 spiro atoms. The summed E-state index contributed by atoms with van der Waals surface area (Å²) in [7, 11) is 0. The minimum Gasteiger partial charge on any atom is -0.384 e. The third-order valence-corrected chi connectivity index (χ3v) is 3.45. The molecule has 2 aromatic rings. The minimum absolute atomic E-state index is 0.0411. The summed E-state index contributed by atoms with van der Waals surface area (Å²) in [5.74, 6) is -1.22. The van der Waals surface area contributed by atoms with E-state index in [2.05, 4.69) is 15.9 Å². The molecule has 1 atom stereocenters. The van der Waals surface area contributed by atoms with E-state index in [0.717, 1.165) is 6.07 Å². The van der Waals surface area contributed by atoms with Crippen molar-refractivity contribution in [2.45, 2.75) is 6.10 Å². The van der Waals surface area contributed by atoms with Gasteiger partial charge in [0.2, 0.25) is 0 Å². The largest absolute Gasteiger partial charge is 0.384 e. The molecule has 0 aliphatic rings. The minimum atomic E-state index is -1.24. The molecular formula is C13H8BrClF2O. The molecule has 2 rings (SSSR count). The van der Waals surface area contributed by atoms with Gasteiger partial charge in [0.1, 0.15) is 17.7 Å². The van der Waals surface area contributed by atoms with Crippen molar-refractivity contribution in [3.63, 3.8) is 0 Å². The Labute approximate surface area is 116 Å². The predicted octanol–water partition coefficient (Wildman–Crippen LogP) is 4.46. The quantitative estimate of drug-likeness (QED) is 0.860. The molecular weight excluding hydrogens is 325 g/mol. The van der Waals surface area contributed by atoms with E-state index < -0.39 is 17.7 Å². The molecule has 2 aromatic carbocycles. The molecule has 18 heavy (non-hydrogen) atoms. The van der Waals surface area contributed by atoms with Crippen LogP contribution in [-0.2, 0) is 0 Å². The van der Waals surface area contributed by atoms with Gasteiger partial charge in [0, 0.05) is 5.56 Å². The lowest BCUT2D eigenvalue weighted by Crippen LogP contribution is -2.03. The molecule has 0 fully saturated rings. The number of rotatable bonds is 2. The number of hydrogen-bond acceptors (Lipinski definition) is 1. The Kier molecular flexibility index (Phi) is 4.00. The smallest absolute Gasteiger partial charge is 0.143 e. The predicted molar refractivity (Wildman–Crippen MR) is 69.6 cm³/mol. The average molecular weight is 334 g/mol. The third-order valence-electron chi connectivity index (χ3n) is 2.54. The third kappa shape index (κ3) is 2.55. The second-order valence-electron chi connectivity index (χ2n) is 3.72. The van der Waals surface area contributed by atoms with Crippen molar-refractivity contribution in [3.05, 3.63) is 68.7 Å². The van der Waals surface area contributed by atoms with Crippen LogP contribution in [0.1, 0.15) is 17.2 Å². The standard InChI is InChI=1S/C13H8BrClF2O/c14-9-3-1-2-8(12(9)17)13(18)7-4-5-10(15)11(16)6-7/h1-6,13,18H. The first-order chi connectivity index (χ1) is 8.50. The summed E-state index contributed by atoms with van der Waals surface area (Å²) < 4.78 is 27.3. The van der Waals surface area contributed by atoms with Gasteiger partial charge in [-0.15, -0.1) is 0 Å². The molecule has 5 heteroatoms. The van der Waals surface area contributed by atoms with Gasteiger partial charge in [-0.25, -0.2) is 8.78 Å². The summed E-state index contributed by atoms with van der Waals surface area (Å²) in [6.07, 6.45) is -1.24. The van der Waals surface area contributed by atoms with E-state index in [1.807, 2.05) is 0 Å². The van der Waals surface area contributed by atoms with Gasteiger partial charge in [0.05, 0.1) is 9.50 Å². The van der Waals surface area contributed by atoms with Crippen LogP contribution in [0.5, 0.6) is 0 Å². The fraction of sp³-hybridized carbons (Fsp3) is 0.0769. The number of aliphatic hydroxyl groups excluding tert-OH is 1. The van der Waals surface area contributed by atoms with E-state index in [1.165, 1.54) is 24.3 Å². The molecule has 1 nitrogen and oxygen atoms in total. The molecule has 0 radical (unpaired) electrons. The number of benzene rings is 2. The maximum atomic E-state index is 13.8. The molecule has 0 amide bonds. The van der Waals surface area contributed by atoms with Crippen LogP contribution < -0.4 is 0 Å². The van der Waals surface area contributed by atoms with Gasteiger partial charge in [-0.1, -0.05) is 29.8 Å². The number of hydrogen-bond donors (Lipinski definition) is 1. The maximum absolute atomic E-state index is 13.8. The van der Waals surface area contributed by atoms with Crippen molar-refractivity contribution in [1.29, 1.82) is 0 Å². The average Bonchev–Trinajstić information content (AvgIpc) is 2.35. The van der Waals surface area contributed by atoms with Crippen molar-refractivity contribution >= 4 is 27.5 Å². The number of aliphatic hydroxyl groups is 1. The van der Waals surface area contributed by atoms with E-state index in [-0.39, 0.29) is 20.6 Å². The second-order valence-corrected chi connectivity index (χ2v) is 4.98. The van der Waals surface area contributed by atoms with Gasteiger partial charge >= 0.3 is 0 Å². The molecule has 1 unspecified atom stereocenters. The van der Waals surface area contributed by atoms with Gasteiger partial charge < -0.3 is 5.11 Å². The zero-order valence-corrected chi connectivity index (χ0v) is 11.3. The fourth-order valence-corrected chi connectivity index (χ4v) is 2.09. The van der Waals surface area contributed by atoms with E-state index in [0.29, 0.717) is 0 Å². The van der Waals surface area contributed by atoms with Crippen molar-refractivity contribution in [2.24, 2.45) is 0 Å². The Balaban J connectivity index is 2.44. The molecule has 0 aliphatic heterocycles. The van der Waals surface area contributed by atoms with Crippen LogP contribution in [0.4, 0.5) is 8.78 Å². The molecule has 0 aliphatic carbocycles. The van der Waals surface area contributed by atoms with E-state index in [1.54, 1.807) is 6.07 Å². The highest BCUT2D eigenvalue weighted by molar-refractivity contribution is 9.10. The summed E-state index contributed by atoms with van der Waals surface area (Å²) in [6.45, 7) is 0. The van der Waals surface area contributed by atoms with Crippen molar-refractivity contribution in [1.82, 2.24) is 0 Å². The molecule has 0 heterocycles. The highest BCUT2D eigenvalue weighted by atomic mass is 79.9. The summed E-state index contributed by atoms with van der Waals surface area (Å²) in [5, 5.41) is 10.0. The van der Waals surface area contributed by atoms with Crippen LogP contribution >= 0.6 is 27.5 Å². The Hall–Kier alpha value is -0.970. The van der Waals surface area contributed by atoms with E-state index in [9.17, 15) is 13.9 Å². The highest BCUT2D eigenvalue weighted by Crippen LogP contribution is 2.29. The zero-order valence-electron chi connectivity index (χ0n) is 9.00. The van der Waals surface area contributed by atoms with Crippen LogP contribution in [0.2, 0.25) is 5.02 Å². The molecule has 0 bridgehead atoms. The Bertz CT molecular complexity index is 589. The lowest BCUT2D eigenvalue weighted by molar-refractivity contribution is 0.214. The normalized spacial score (nSPS) is 12.5. The topological polar surface area (TPSA) is 20.2 Å². The van der Waals surface area contributed by atoms with Crippen LogP contribution in [0, 0.1) is 11.6 Å². The molecule has 0 saturated carbocycles. The van der Waals surface area contributed by atoms with Gasteiger partial charge in [0.15, 0.2) is 0 Å². The van der Waals surface area contributed by atoms with E-state index in [4.69, 9.17) is 11.6 Å². The van der Waals surface area contributed by atoms with Gasteiger partial charge in [-0.2, -0.15) is 0 Å². The van der Waals surface area contributed by atoms with Crippen molar-refractivity contribution < 1.29 is 13.9 Å². The lowest BCUT2D eigenvalue weighted by Gasteiger charge is -2.13.